The van der Waals surface area contributed by atoms with Crippen LogP contribution >= 0.6 is 11.6 Å². The molecule has 32 heavy (non-hydrogen) atoms. The van der Waals surface area contributed by atoms with Crippen LogP contribution in [0.4, 0.5) is 5.69 Å². The molecule has 3 rings (SSSR count). The number of amides is 1. The van der Waals surface area contributed by atoms with Crippen molar-refractivity contribution in [2.75, 3.05) is 38.6 Å². The van der Waals surface area contributed by atoms with Crippen LogP contribution in [-0.4, -0.2) is 60.1 Å². The van der Waals surface area contributed by atoms with Crippen LogP contribution in [0.25, 0.3) is 0 Å². The Hall–Kier alpha value is -2.73. The van der Waals surface area contributed by atoms with Gasteiger partial charge in [-0.15, -0.1) is 0 Å². The van der Waals surface area contributed by atoms with Gasteiger partial charge in [0.05, 0.1) is 37.3 Å². The summed E-state index contributed by atoms with van der Waals surface area (Å²) in [5, 5.41) is 15.7. The van der Waals surface area contributed by atoms with E-state index in [-0.39, 0.29) is 18.0 Å². The number of hydrogen-bond acceptors (Lipinski definition) is 7. The summed E-state index contributed by atoms with van der Waals surface area (Å²) in [6, 6.07) is 5.89. The number of nitriles is 1. The van der Waals surface area contributed by atoms with Crippen LogP contribution in [0.5, 0.6) is 5.75 Å². The first-order valence-corrected chi connectivity index (χ1v) is 11.2. The third-order valence-electron chi connectivity index (χ3n) is 5.42. The molecule has 1 aromatic carbocycles. The zero-order chi connectivity index (χ0) is 22.9. The van der Waals surface area contributed by atoms with E-state index >= 15 is 0 Å². The van der Waals surface area contributed by atoms with Crippen molar-refractivity contribution in [1.29, 1.82) is 5.26 Å². The number of likely N-dealkylation sites (tertiary alicyclic amines) is 1. The number of aromatic nitrogens is 2. The van der Waals surface area contributed by atoms with Crippen molar-refractivity contribution in [3.63, 3.8) is 0 Å². The molecule has 1 aliphatic rings. The molecule has 1 aliphatic heterocycles. The van der Waals surface area contributed by atoms with Gasteiger partial charge in [-0.1, -0.05) is 11.6 Å². The lowest BCUT2D eigenvalue weighted by atomic mass is 10.1. The molecule has 2 heterocycles. The number of benzene rings is 1. The first kappa shape index (κ1) is 23.9. The molecule has 1 fully saturated rings. The molecule has 8 nitrogen and oxygen atoms in total. The topological polar surface area (TPSA) is 103 Å². The van der Waals surface area contributed by atoms with Crippen molar-refractivity contribution < 1.29 is 9.53 Å². The lowest BCUT2D eigenvalue weighted by Crippen LogP contribution is -2.38. The summed E-state index contributed by atoms with van der Waals surface area (Å²) in [6.07, 6.45) is 6.14. The summed E-state index contributed by atoms with van der Waals surface area (Å²) in [7, 11) is 1.56. The van der Waals surface area contributed by atoms with E-state index in [9.17, 15) is 4.79 Å². The van der Waals surface area contributed by atoms with Crippen LogP contribution in [0, 0.1) is 11.3 Å². The maximum absolute atomic E-state index is 12.4. The van der Waals surface area contributed by atoms with Crippen molar-refractivity contribution in [3.05, 3.63) is 46.5 Å². The van der Waals surface area contributed by atoms with Gasteiger partial charge in [0.15, 0.2) is 5.69 Å². The molecule has 0 bridgehead atoms. The molecule has 0 radical (unpaired) electrons. The molecule has 1 amide bonds. The highest BCUT2D eigenvalue weighted by Gasteiger charge is 2.16. The van der Waals surface area contributed by atoms with Gasteiger partial charge in [0.1, 0.15) is 11.8 Å². The number of carbonyl (C=O) groups excluding carboxylic acids is 1. The Labute approximate surface area is 193 Å². The lowest BCUT2D eigenvalue weighted by Gasteiger charge is -2.21. The van der Waals surface area contributed by atoms with E-state index in [1.807, 2.05) is 12.1 Å². The molecule has 0 spiro atoms. The molecule has 170 valence electrons. The molecule has 2 aromatic rings. The van der Waals surface area contributed by atoms with Crippen LogP contribution in [0.2, 0.25) is 5.02 Å². The van der Waals surface area contributed by atoms with E-state index in [0.29, 0.717) is 28.2 Å². The predicted molar refractivity (Wildman–Crippen MR) is 124 cm³/mol. The van der Waals surface area contributed by atoms with Gasteiger partial charge in [-0.3, -0.25) is 9.78 Å². The minimum atomic E-state index is -0.275. The fourth-order valence-electron chi connectivity index (χ4n) is 3.79. The maximum Gasteiger partial charge on any atom is 0.230 e. The van der Waals surface area contributed by atoms with E-state index in [4.69, 9.17) is 21.6 Å². The van der Waals surface area contributed by atoms with Crippen LogP contribution in [-0.2, 0) is 17.6 Å². The maximum atomic E-state index is 12.4. The molecule has 9 heteroatoms. The van der Waals surface area contributed by atoms with Gasteiger partial charge in [0.2, 0.25) is 5.91 Å². The van der Waals surface area contributed by atoms with Crippen molar-refractivity contribution in [2.45, 2.75) is 38.6 Å². The monoisotopic (exact) mass is 456 g/mol. The smallest absolute Gasteiger partial charge is 0.230 e. The van der Waals surface area contributed by atoms with Gasteiger partial charge in [0, 0.05) is 17.6 Å². The lowest BCUT2D eigenvalue weighted by molar-refractivity contribution is -0.115. The summed E-state index contributed by atoms with van der Waals surface area (Å²) in [4.78, 5) is 22.9. The highest BCUT2D eigenvalue weighted by Crippen LogP contribution is 2.31. The highest BCUT2D eigenvalue weighted by molar-refractivity contribution is 6.31. The van der Waals surface area contributed by atoms with Gasteiger partial charge < -0.3 is 20.3 Å². The highest BCUT2D eigenvalue weighted by atomic mass is 35.5. The van der Waals surface area contributed by atoms with Crippen LogP contribution in [0.3, 0.4) is 0 Å². The number of nitrogens with zero attached hydrogens (tertiary/aromatic N) is 4. The zero-order valence-corrected chi connectivity index (χ0v) is 19.3. The van der Waals surface area contributed by atoms with Gasteiger partial charge in [-0.25, -0.2) is 4.98 Å². The Morgan fingerprint density at radius 3 is 2.75 bits per heavy atom. The number of nitrogens with one attached hydrogen (secondary N) is 2. The third kappa shape index (κ3) is 6.89. The summed E-state index contributed by atoms with van der Waals surface area (Å²) >= 11 is 6.49. The molecule has 0 aliphatic carbocycles. The van der Waals surface area contributed by atoms with Gasteiger partial charge in [-0.2, -0.15) is 5.26 Å². The summed E-state index contributed by atoms with van der Waals surface area (Å²) in [5.74, 6) is 0.275. The van der Waals surface area contributed by atoms with E-state index in [2.05, 4.69) is 32.4 Å². The number of hydrogen-bond donors (Lipinski definition) is 2. The average Bonchev–Trinajstić information content (AvgIpc) is 3.28. The standard InChI is InChI=1S/C23H29ClN6O2/c1-16(15-30-7-3-4-8-30)26-6-5-17-9-22(32-2)21(11-20(17)24)29-23(31)10-18-13-28-19(12-25)14-27-18/h9,11,13-14,16,26H,3-8,10,15H2,1-2H3,(H,29,31)/t16-/m1/s1. The second-order valence-corrected chi connectivity index (χ2v) is 8.39. The Kier molecular flexibility index (Phi) is 8.80. The van der Waals surface area contributed by atoms with E-state index in [0.717, 1.165) is 25.1 Å². The van der Waals surface area contributed by atoms with Crippen molar-refractivity contribution in [3.8, 4) is 11.8 Å². The Morgan fingerprint density at radius 1 is 1.31 bits per heavy atom. The molecule has 2 N–H and O–H groups in total. The molecule has 1 aromatic heterocycles. The normalized spacial score (nSPS) is 14.7. The molecular weight excluding hydrogens is 428 g/mol. The Morgan fingerprint density at radius 2 is 2.09 bits per heavy atom. The van der Waals surface area contributed by atoms with Gasteiger partial charge in [-0.05, 0) is 63.5 Å². The number of halogens is 1. The summed E-state index contributed by atoms with van der Waals surface area (Å²) in [6.45, 7) is 6.46. The Balaban J connectivity index is 1.55. The molecular formula is C23H29ClN6O2. The Bertz CT molecular complexity index is 954. The van der Waals surface area contributed by atoms with E-state index in [1.54, 1.807) is 13.2 Å². The fourth-order valence-corrected chi connectivity index (χ4v) is 4.04. The number of anilines is 1. The SMILES string of the molecule is COc1cc(CCN[C@H](C)CN2CCCC2)c(Cl)cc1NC(=O)Cc1cnc(C#N)cn1. The summed E-state index contributed by atoms with van der Waals surface area (Å²) in [5.41, 5.74) is 2.14. The predicted octanol–water partition coefficient (Wildman–Crippen LogP) is 2.81. The van der Waals surface area contributed by atoms with Crippen molar-refractivity contribution >= 4 is 23.2 Å². The number of carbonyl (C=O) groups is 1. The van der Waals surface area contributed by atoms with Crippen LogP contribution < -0.4 is 15.4 Å². The number of methoxy groups -OCH3 is 1. The van der Waals surface area contributed by atoms with Gasteiger partial charge in [0.25, 0.3) is 0 Å². The average molecular weight is 457 g/mol. The minimum Gasteiger partial charge on any atom is -0.495 e. The first-order chi connectivity index (χ1) is 15.5. The van der Waals surface area contributed by atoms with Crippen LogP contribution in [0.1, 0.15) is 36.7 Å². The fraction of sp³-hybridized carbons (Fsp3) is 0.478. The molecule has 1 saturated heterocycles. The molecule has 0 saturated carbocycles. The number of ether oxygens (including phenoxy) is 1. The molecule has 0 unspecified atom stereocenters. The van der Waals surface area contributed by atoms with Crippen molar-refractivity contribution in [1.82, 2.24) is 20.2 Å². The minimum absolute atomic E-state index is 0.0278. The zero-order valence-electron chi connectivity index (χ0n) is 18.5. The molecule has 1 atom stereocenters. The third-order valence-corrected chi connectivity index (χ3v) is 5.77. The van der Waals surface area contributed by atoms with Crippen LogP contribution in [0.15, 0.2) is 24.5 Å². The number of rotatable bonds is 10. The van der Waals surface area contributed by atoms with E-state index in [1.165, 1.54) is 38.3 Å². The second-order valence-electron chi connectivity index (χ2n) is 7.99. The first-order valence-electron chi connectivity index (χ1n) is 10.8. The van der Waals surface area contributed by atoms with E-state index < -0.39 is 0 Å². The second kappa shape index (κ2) is 11.8. The largest absolute Gasteiger partial charge is 0.495 e. The van der Waals surface area contributed by atoms with Crippen molar-refractivity contribution in [2.24, 2.45) is 0 Å². The quantitative estimate of drug-likeness (QED) is 0.566. The summed E-state index contributed by atoms with van der Waals surface area (Å²) < 4.78 is 5.47. The van der Waals surface area contributed by atoms with Gasteiger partial charge >= 0.3 is 0 Å².